The Bertz CT molecular complexity index is 474. The van der Waals surface area contributed by atoms with Crippen molar-refractivity contribution in [3.63, 3.8) is 0 Å². The zero-order chi connectivity index (χ0) is 14.8. The van der Waals surface area contributed by atoms with Gasteiger partial charge in [0.25, 0.3) is 0 Å². The quantitative estimate of drug-likeness (QED) is 0.344. The van der Waals surface area contributed by atoms with Crippen LogP contribution in [0.2, 0.25) is 0 Å². The van der Waals surface area contributed by atoms with Crippen LogP contribution in [-0.4, -0.2) is 5.11 Å². The molecule has 1 aromatic rings. The molecule has 0 heterocycles. The van der Waals surface area contributed by atoms with E-state index >= 15 is 0 Å². The molecule has 1 rings (SSSR count). The van der Waals surface area contributed by atoms with Crippen LogP contribution in [0, 0.1) is 5.39 Å². The third kappa shape index (κ3) is 5.75. The smallest absolute Gasteiger partial charge is 0.428 e. The zero-order valence-electron chi connectivity index (χ0n) is 12.0. The second-order valence-corrected chi connectivity index (χ2v) is 5.84. The van der Waals surface area contributed by atoms with Gasteiger partial charge in [0.15, 0.2) is 10.7 Å². The standard InChI is InChI=1S/C16H21BrN2O/c1-2-3-4-5-6-7-8-15(20)16(19-18)13-9-11-14(17)12-10-13/h9-12H,2-8H2,1H3/p+1/b16-15+. The minimum Gasteiger partial charge on any atom is -0.505 e. The number of allylic oxidation sites excluding steroid dienone is 1. The van der Waals surface area contributed by atoms with Crippen LogP contribution in [0.1, 0.15) is 57.4 Å². The number of hydrogen-bond donors (Lipinski definition) is 1. The van der Waals surface area contributed by atoms with Crippen molar-refractivity contribution in [3.05, 3.63) is 45.0 Å². The van der Waals surface area contributed by atoms with Gasteiger partial charge in [-0.25, -0.2) is 0 Å². The van der Waals surface area contributed by atoms with Crippen molar-refractivity contribution in [2.45, 2.75) is 51.9 Å². The molecule has 0 spiro atoms. The number of unbranched alkanes of at least 4 members (excludes halogenated alkanes) is 5. The molecule has 0 aliphatic carbocycles. The van der Waals surface area contributed by atoms with Crippen LogP contribution in [0.25, 0.3) is 10.7 Å². The molecule has 1 N–H and O–H groups in total. The number of aliphatic hydroxyl groups excluding tert-OH is 1. The summed E-state index contributed by atoms with van der Waals surface area (Å²) in [6, 6.07) is 7.35. The summed E-state index contributed by atoms with van der Waals surface area (Å²) in [6.45, 7) is 2.20. The zero-order valence-corrected chi connectivity index (χ0v) is 13.6. The van der Waals surface area contributed by atoms with E-state index in [1.165, 1.54) is 25.7 Å². The Balaban J connectivity index is 2.53. The van der Waals surface area contributed by atoms with Crippen molar-refractivity contribution in [2.75, 3.05) is 0 Å². The molecule has 4 heteroatoms. The lowest BCUT2D eigenvalue weighted by molar-refractivity contribution is 0.383. The molecule has 0 saturated heterocycles. The van der Waals surface area contributed by atoms with Crippen molar-refractivity contribution >= 4 is 21.6 Å². The predicted molar refractivity (Wildman–Crippen MR) is 86.8 cm³/mol. The first kappa shape index (κ1) is 16.7. The number of aliphatic hydroxyl groups is 1. The molecule has 0 aliphatic rings. The van der Waals surface area contributed by atoms with Gasteiger partial charge in [-0.15, -0.1) is 0 Å². The summed E-state index contributed by atoms with van der Waals surface area (Å²) in [5.74, 6) is 0.158. The van der Waals surface area contributed by atoms with Gasteiger partial charge < -0.3 is 5.11 Å². The second kappa shape index (κ2) is 9.55. The lowest BCUT2D eigenvalue weighted by atomic mass is 10.1. The maximum Gasteiger partial charge on any atom is 0.428 e. The normalized spacial score (nSPS) is 11.8. The summed E-state index contributed by atoms with van der Waals surface area (Å²) in [5.41, 5.74) is 0.991. The summed E-state index contributed by atoms with van der Waals surface area (Å²) < 4.78 is 0.953. The maximum atomic E-state index is 10.0. The highest BCUT2D eigenvalue weighted by atomic mass is 79.9. The van der Waals surface area contributed by atoms with Crippen LogP contribution in [0.3, 0.4) is 0 Å². The van der Waals surface area contributed by atoms with Crippen LogP contribution in [0.15, 0.2) is 34.5 Å². The summed E-state index contributed by atoms with van der Waals surface area (Å²) in [7, 11) is 0. The molecule has 0 aliphatic heterocycles. The third-order valence-electron chi connectivity index (χ3n) is 3.26. The molecule has 20 heavy (non-hydrogen) atoms. The van der Waals surface area contributed by atoms with E-state index in [1.807, 2.05) is 24.3 Å². The lowest BCUT2D eigenvalue weighted by Crippen LogP contribution is -1.90. The number of nitrogens with zero attached hydrogens (tertiary/aromatic N) is 2. The predicted octanol–water partition coefficient (Wildman–Crippen LogP) is 6.28. The average Bonchev–Trinajstić information content (AvgIpc) is 2.45. The molecule has 0 saturated carbocycles. The highest BCUT2D eigenvalue weighted by molar-refractivity contribution is 9.10. The van der Waals surface area contributed by atoms with E-state index in [0.717, 1.165) is 22.9 Å². The minimum absolute atomic E-state index is 0.158. The van der Waals surface area contributed by atoms with Crippen molar-refractivity contribution in [2.24, 2.45) is 0 Å². The van der Waals surface area contributed by atoms with Gasteiger partial charge in [0, 0.05) is 10.9 Å². The fourth-order valence-corrected chi connectivity index (χ4v) is 2.35. The topological polar surface area (TPSA) is 48.4 Å². The molecule has 0 unspecified atom stereocenters. The molecule has 0 radical (unpaired) electrons. The Labute approximate surface area is 129 Å². The lowest BCUT2D eigenvalue weighted by Gasteiger charge is -2.00. The fourth-order valence-electron chi connectivity index (χ4n) is 2.08. The Morgan fingerprint density at radius 2 is 1.70 bits per heavy atom. The summed E-state index contributed by atoms with van der Waals surface area (Å²) in [6.07, 6.45) is 7.55. The van der Waals surface area contributed by atoms with Gasteiger partial charge >= 0.3 is 5.70 Å². The number of hydrogen-bond acceptors (Lipinski definition) is 2. The van der Waals surface area contributed by atoms with Crippen molar-refractivity contribution in [3.8, 4) is 0 Å². The van der Waals surface area contributed by atoms with Crippen LogP contribution < -0.4 is 0 Å². The first-order chi connectivity index (χ1) is 9.69. The first-order valence-corrected chi connectivity index (χ1v) is 8.01. The maximum absolute atomic E-state index is 10.0. The van der Waals surface area contributed by atoms with Crippen LogP contribution in [-0.2, 0) is 0 Å². The Morgan fingerprint density at radius 3 is 2.30 bits per heavy atom. The van der Waals surface area contributed by atoms with Gasteiger partial charge in [-0.2, -0.15) is 0 Å². The van der Waals surface area contributed by atoms with Gasteiger partial charge in [-0.1, -0.05) is 55.0 Å². The van der Waals surface area contributed by atoms with Gasteiger partial charge in [0.1, 0.15) is 0 Å². The summed E-state index contributed by atoms with van der Waals surface area (Å²) >= 11 is 3.35. The molecule has 0 amide bonds. The van der Waals surface area contributed by atoms with E-state index in [4.69, 9.17) is 5.39 Å². The van der Waals surface area contributed by atoms with Crippen LogP contribution >= 0.6 is 15.9 Å². The Kier molecular flexibility index (Phi) is 7.98. The van der Waals surface area contributed by atoms with E-state index in [0.29, 0.717) is 6.42 Å². The van der Waals surface area contributed by atoms with Crippen LogP contribution in [0.4, 0.5) is 0 Å². The molecular weight excluding hydrogens is 316 g/mol. The van der Waals surface area contributed by atoms with E-state index in [9.17, 15) is 5.11 Å². The third-order valence-corrected chi connectivity index (χ3v) is 3.79. The van der Waals surface area contributed by atoms with Crippen molar-refractivity contribution < 1.29 is 5.11 Å². The van der Waals surface area contributed by atoms with E-state index in [1.54, 1.807) is 0 Å². The number of rotatable bonds is 8. The molecule has 3 nitrogen and oxygen atoms in total. The molecule has 0 atom stereocenters. The van der Waals surface area contributed by atoms with Gasteiger partial charge in [-0.3, -0.25) is 0 Å². The highest BCUT2D eigenvalue weighted by Gasteiger charge is 2.20. The van der Waals surface area contributed by atoms with E-state index < -0.39 is 0 Å². The SMILES string of the molecule is CCCCCCCC/C(O)=C(\[N+]#N)c1ccc(Br)cc1. The molecule has 0 aromatic heterocycles. The van der Waals surface area contributed by atoms with Gasteiger partial charge in [0.2, 0.25) is 5.39 Å². The number of benzene rings is 1. The first-order valence-electron chi connectivity index (χ1n) is 7.22. The largest absolute Gasteiger partial charge is 0.505 e. The second-order valence-electron chi connectivity index (χ2n) is 4.92. The Hall–Kier alpha value is -1.34. The number of halogens is 1. The van der Waals surface area contributed by atoms with Crippen molar-refractivity contribution in [1.82, 2.24) is 0 Å². The fraction of sp³-hybridized carbons (Fsp3) is 0.500. The minimum atomic E-state index is 0.158. The number of diazo groups is 1. The van der Waals surface area contributed by atoms with Crippen LogP contribution in [0.5, 0.6) is 0 Å². The van der Waals surface area contributed by atoms with E-state index in [2.05, 4.69) is 27.8 Å². The van der Waals surface area contributed by atoms with Gasteiger partial charge in [-0.05, 0) is 30.7 Å². The average molecular weight is 338 g/mol. The van der Waals surface area contributed by atoms with E-state index in [-0.39, 0.29) is 11.5 Å². The summed E-state index contributed by atoms with van der Waals surface area (Å²) in [4.78, 5) is 3.23. The van der Waals surface area contributed by atoms with Gasteiger partial charge in [0.05, 0.1) is 5.56 Å². The molecular formula is C16H22BrN2O+. The molecule has 108 valence electrons. The highest BCUT2D eigenvalue weighted by Crippen LogP contribution is 2.24. The van der Waals surface area contributed by atoms with Crippen molar-refractivity contribution in [1.29, 1.82) is 5.39 Å². The summed E-state index contributed by atoms with van der Waals surface area (Å²) in [5, 5.41) is 19.1. The monoisotopic (exact) mass is 337 g/mol. The molecule has 1 aromatic carbocycles. The molecule has 0 bridgehead atoms. The Morgan fingerprint density at radius 1 is 1.10 bits per heavy atom. The molecule has 0 fully saturated rings.